The van der Waals surface area contributed by atoms with Crippen molar-refractivity contribution in [1.29, 1.82) is 0 Å². The number of nitro groups is 1. The summed E-state index contributed by atoms with van der Waals surface area (Å²) in [6.45, 7) is 0. The van der Waals surface area contributed by atoms with Crippen LogP contribution in [0.5, 0.6) is 0 Å². The van der Waals surface area contributed by atoms with Gasteiger partial charge in [0.15, 0.2) is 0 Å². The number of nitrogens with zero attached hydrogens (tertiary/aromatic N) is 3. The molecule has 1 aromatic carbocycles. The first-order chi connectivity index (χ1) is 7.65. The minimum atomic E-state index is -0.464. The van der Waals surface area contributed by atoms with E-state index >= 15 is 0 Å². The number of hydrogen-bond donors (Lipinski definition) is 3. The molecule has 0 saturated carbocycles. The SMILES string of the molecule is Nc1nc(Nc2ccc([N+](=O)[O-])cc2)n[nH]1. The summed E-state index contributed by atoms with van der Waals surface area (Å²) in [5.74, 6) is 0.510. The number of benzene rings is 1. The number of aromatic amines is 1. The van der Waals surface area contributed by atoms with Crippen LogP contribution in [0.4, 0.5) is 23.3 Å². The van der Waals surface area contributed by atoms with Crippen LogP contribution in [-0.4, -0.2) is 20.1 Å². The molecule has 0 atom stereocenters. The van der Waals surface area contributed by atoms with E-state index in [1.54, 1.807) is 12.1 Å². The van der Waals surface area contributed by atoms with Crippen LogP contribution < -0.4 is 11.1 Å². The van der Waals surface area contributed by atoms with Crippen molar-refractivity contribution in [3.63, 3.8) is 0 Å². The summed E-state index contributed by atoms with van der Waals surface area (Å²) in [6.07, 6.45) is 0. The van der Waals surface area contributed by atoms with Gasteiger partial charge in [0, 0.05) is 17.8 Å². The molecule has 0 aliphatic carbocycles. The van der Waals surface area contributed by atoms with Crippen LogP contribution in [0.25, 0.3) is 0 Å². The number of hydrogen-bond acceptors (Lipinski definition) is 6. The van der Waals surface area contributed by atoms with Crippen LogP contribution in [-0.2, 0) is 0 Å². The summed E-state index contributed by atoms with van der Waals surface area (Å²) >= 11 is 0. The molecule has 0 bridgehead atoms. The zero-order valence-electron chi connectivity index (χ0n) is 8.04. The van der Waals surface area contributed by atoms with Gasteiger partial charge in [-0.25, -0.2) is 5.10 Å². The van der Waals surface area contributed by atoms with Crippen LogP contribution in [0, 0.1) is 10.1 Å². The van der Waals surface area contributed by atoms with Crippen molar-refractivity contribution in [1.82, 2.24) is 15.2 Å². The number of anilines is 3. The number of nitrogens with two attached hydrogens (primary N) is 1. The summed E-state index contributed by atoms with van der Waals surface area (Å²) in [5.41, 5.74) is 6.01. The molecule has 0 spiro atoms. The van der Waals surface area contributed by atoms with Crippen LogP contribution in [0.3, 0.4) is 0 Å². The fourth-order valence-corrected chi connectivity index (χ4v) is 1.13. The molecule has 0 aliphatic heterocycles. The maximum absolute atomic E-state index is 10.4. The number of nitro benzene ring substituents is 1. The topological polar surface area (TPSA) is 123 Å². The number of non-ortho nitro benzene ring substituents is 1. The third-order valence-corrected chi connectivity index (χ3v) is 1.84. The molecule has 1 aromatic heterocycles. The van der Waals surface area contributed by atoms with Gasteiger partial charge in [0.2, 0.25) is 11.9 Å². The normalized spacial score (nSPS) is 10.0. The highest BCUT2D eigenvalue weighted by Crippen LogP contribution is 2.17. The van der Waals surface area contributed by atoms with Crippen molar-refractivity contribution in [2.24, 2.45) is 0 Å². The van der Waals surface area contributed by atoms with E-state index in [1.807, 2.05) is 0 Å². The minimum absolute atomic E-state index is 0.0278. The van der Waals surface area contributed by atoms with E-state index in [2.05, 4.69) is 20.5 Å². The summed E-state index contributed by atoms with van der Waals surface area (Å²) < 4.78 is 0. The fourth-order valence-electron chi connectivity index (χ4n) is 1.13. The fraction of sp³-hybridized carbons (Fsp3) is 0. The Hall–Kier alpha value is -2.64. The summed E-state index contributed by atoms with van der Waals surface area (Å²) in [7, 11) is 0. The van der Waals surface area contributed by atoms with E-state index in [1.165, 1.54) is 12.1 Å². The zero-order valence-corrected chi connectivity index (χ0v) is 8.04. The molecule has 0 unspecified atom stereocenters. The monoisotopic (exact) mass is 220 g/mol. The first-order valence-corrected chi connectivity index (χ1v) is 4.34. The van der Waals surface area contributed by atoms with E-state index in [0.717, 1.165) is 0 Å². The van der Waals surface area contributed by atoms with Gasteiger partial charge in [-0.15, -0.1) is 5.10 Å². The van der Waals surface area contributed by atoms with Crippen molar-refractivity contribution in [2.45, 2.75) is 0 Å². The highest BCUT2D eigenvalue weighted by molar-refractivity contribution is 5.55. The highest BCUT2D eigenvalue weighted by atomic mass is 16.6. The lowest BCUT2D eigenvalue weighted by Gasteiger charge is -1.99. The van der Waals surface area contributed by atoms with E-state index in [0.29, 0.717) is 11.6 Å². The maximum atomic E-state index is 10.4. The minimum Gasteiger partial charge on any atom is -0.368 e. The lowest BCUT2D eigenvalue weighted by Crippen LogP contribution is -1.93. The van der Waals surface area contributed by atoms with Gasteiger partial charge in [0.1, 0.15) is 0 Å². The molecular weight excluding hydrogens is 212 g/mol. The van der Waals surface area contributed by atoms with E-state index in [-0.39, 0.29) is 11.6 Å². The number of aromatic nitrogens is 3. The Labute approximate surface area is 89.6 Å². The van der Waals surface area contributed by atoms with Gasteiger partial charge in [-0.1, -0.05) is 0 Å². The largest absolute Gasteiger partial charge is 0.368 e. The van der Waals surface area contributed by atoms with Crippen molar-refractivity contribution >= 4 is 23.3 Å². The number of nitrogen functional groups attached to an aromatic ring is 1. The Balaban J connectivity index is 2.14. The number of nitrogens with one attached hydrogen (secondary N) is 2. The van der Waals surface area contributed by atoms with Crippen LogP contribution in [0.2, 0.25) is 0 Å². The average molecular weight is 220 g/mol. The molecule has 0 radical (unpaired) electrons. The van der Waals surface area contributed by atoms with Gasteiger partial charge >= 0.3 is 0 Å². The predicted octanol–water partition coefficient (Wildman–Crippen LogP) is 1.04. The van der Waals surface area contributed by atoms with Gasteiger partial charge in [-0.05, 0) is 12.1 Å². The molecule has 0 aliphatic rings. The molecule has 16 heavy (non-hydrogen) atoms. The molecule has 82 valence electrons. The smallest absolute Gasteiger partial charge is 0.269 e. The molecule has 1 heterocycles. The van der Waals surface area contributed by atoms with E-state index < -0.39 is 4.92 Å². The van der Waals surface area contributed by atoms with Crippen molar-refractivity contribution in [3.05, 3.63) is 34.4 Å². The molecule has 8 heteroatoms. The first-order valence-electron chi connectivity index (χ1n) is 4.34. The number of H-pyrrole nitrogens is 1. The lowest BCUT2D eigenvalue weighted by molar-refractivity contribution is -0.384. The second-order valence-corrected chi connectivity index (χ2v) is 2.97. The third kappa shape index (κ3) is 2.05. The standard InChI is InChI=1S/C8H8N6O2/c9-7-11-8(13-12-7)10-5-1-3-6(4-2-5)14(15)16/h1-4H,(H4,9,10,11,12,13). The van der Waals surface area contributed by atoms with Crippen LogP contribution in [0.15, 0.2) is 24.3 Å². The molecule has 0 fully saturated rings. The van der Waals surface area contributed by atoms with Gasteiger partial charge in [-0.3, -0.25) is 10.1 Å². The first kappa shape index (κ1) is 9.90. The van der Waals surface area contributed by atoms with Crippen molar-refractivity contribution < 1.29 is 4.92 Å². The molecule has 0 saturated heterocycles. The van der Waals surface area contributed by atoms with Gasteiger partial charge in [0.05, 0.1) is 4.92 Å². The van der Waals surface area contributed by atoms with E-state index in [4.69, 9.17) is 5.73 Å². The molecule has 2 aromatic rings. The Morgan fingerprint density at radius 1 is 1.38 bits per heavy atom. The molecule has 4 N–H and O–H groups in total. The molecule has 0 amide bonds. The highest BCUT2D eigenvalue weighted by Gasteiger charge is 2.05. The lowest BCUT2D eigenvalue weighted by atomic mass is 10.3. The van der Waals surface area contributed by atoms with Crippen molar-refractivity contribution in [2.75, 3.05) is 11.1 Å². The zero-order chi connectivity index (χ0) is 11.5. The average Bonchev–Trinajstić information content (AvgIpc) is 2.65. The second kappa shape index (κ2) is 3.85. The Morgan fingerprint density at radius 3 is 2.56 bits per heavy atom. The van der Waals surface area contributed by atoms with Gasteiger partial charge in [0.25, 0.3) is 5.69 Å². The molecule has 8 nitrogen and oxygen atoms in total. The Kier molecular flexibility index (Phi) is 2.38. The summed E-state index contributed by atoms with van der Waals surface area (Å²) in [4.78, 5) is 13.8. The Bertz CT molecular complexity index is 506. The second-order valence-electron chi connectivity index (χ2n) is 2.97. The van der Waals surface area contributed by atoms with E-state index in [9.17, 15) is 10.1 Å². The third-order valence-electron chi connectivity index (χ3n) is 1.84. The maximum Gasteiger partial charge on any atom is 0.269 e. The van der Waals surface area contributed by atoms with Crippen molar-refractivity contribution in [3.8, 4) is 0 Å². The predicted molar refractivity (Wildman–Crippen MR) is 57.2 cm³/mol. The van der Waals surface area contributed by atoms with Gasteiger partial charge < -0.3 is 11.1 Å². The molecule has 2 rings (SSSR count). The quantitative estimate of drug-likeness (QED) is 0.524. The van der Waals surface area contributed by atoms with Gasteiger partial charge in [-0.2, -0.15) is 4.98 Å². The van der Waals surface area contributed by atoms with Crippen LogP contribution in [0.1, 0.15) is 0 Å². The molecular formula is C8H8N6O2. The summed E-state index contributed by atoms with van der Waals surface area (Å²) in [5, 5.41) is 19.5. The van der Waals surface area contributed by atoms with Crippen LogP contribution >= 0.6 is 0 Å². The summed E-state index contributed by atoms with van der Waals surface area (Å²) in [6, 6.07) is 5.89. The Morgan fingerprint density at radius 2 is 2.06 bits per heavy atom. The number of rotatable bonds is 3.